The fraction of sp³-hybridized carbons (Fsp3) is 0.667. The van der Waals surface area contributed by atoms with Crippen LogP contribution in [-0.2, 0) is 0 Å². The van der Waals surface area contributed by atoms with Crippen molar-refractivity contribution in [2.45, 2.75) is 44.8 Å². The second-order valence-electron chi connectivity index (χ2n) is 4.75. The number of likely N-dealkylation sites (tertiary alicyclic amines) is 1. The van der Waals surface area contributed by atoms with Gasteiger partial charge in [-0.05, 0) is 55.2 Å². The molecule has 2 rings (SSSR count). The fourth-order valence-electron chi connectivity index (χ4n) is 2.49. The van der Waals surface area contributed by atoms with Gasteiger partial charge in [0.1, 0.15) is 0 Å². The molecular weight excluding hydrogens is 284 g/mol. The molecule has 1 aliphatic heterocycles. The average molecular weight is 303 g/mol. The van der Waals surface area contributed by atoms with E-state index in [-0.39, 0.29) is 6.04 Å². The summed E-state index contributed by atoms with van der Waals surface area (Å²) < 4.78 is 1.17. The highest BCUT2D eigenvalue weighted by Gasteiger charge is 2.32. The van der Waals surface area contributed by atoms with Gasteiger partial charge in [0.15, 0.2) is 0 Å². The first kappa shape index (κ1) is 12.6. The van der Waals surface area contributed by atoms with Crippen LogP contribution in [0.3, 0.4) is 0 Å². The summed E-state index contributed by atoms with van der Waals surface area (Å²) in [5, 5.41) is 2.15. The quantitative estimate of drug-likeness (QED) is 0.907. The molecule has 0 aliphatic carbocycles. The van der Waals surface area contributed by atoms with Crippen molar-refractivity contribution < 1.29 is 0 Å². The van der Waals surface area contributed by atoms with E-state index < -0.39 is 0 Å². The number of nitrogens with zero attached hydrogens (tertiary/aromatic N) is 1. The second-order valence-corrected chi connectivity index (χ2v) is 6.61. The van der Waals surface area contributed by atoms with E-state index in [1.807, 2.05) is 11.3 Å². The summed E-state index contributed by atoms with van der Waals surface area (Å²) in [5.41, 5.74) is 6.30. The zero-order valence-corrected chi connectivity index (χ0v) is 12.2. The Morgan fingerprint density at radius 3 is 2.88 bits per heavy atom. The predicted molar refractivity (Wildman–Crippen MR) is 73.8 cm³/mol. The Balaban J connectivity index is 2.26. The molecule has 0 spiro atoms. The molecule has 0 bridgehead atoms. The summed E-state index contributed by atoms with van der Waals surface area (Å²) in [7, 11) is 0. The largest absolute Gasteiger partial charge is 0.326 e. The lowest BCUT2D eigenvalue weighted by Crippen LogP contribution is -2.48. The van der Waals surface area contributed by atoms with Crippen molar-refractivity contribution >= 4 is 27.3 Å². The molecule has 2 N–H and O–H groups in total. The lowest BCUT2D eigenvalue weighted by Gasteiger charge is -2.41. The molecule has 1 aromatic rings. The smallest absolute Gasteiger partial charge is 0.0596 e. The SMILES string of the molecule is CC(C)N1CCCC(N)C1c1cc(Br)cs1. The van der Waals surface area contributed by atoms with Crippen LogP contribution >= 0.6 is 27.3 Å². The van der Waals surface area contributed by atoms with Gasteiger partial charge in [0.2, 0.25) is 0 Å². The van der Waals surface area contributed by atoms with E-state index in [0.717, 1.165) is 6.42 Å². The molecule has 1 fully saturated rings. The predicted octanol–water partition coefficient (Wildman–Crippen LogP) is 3.38. The molecule has 0 radical (unpaired) electrons. The summed E-state index contributed by atoms with van der Waals surface area (Å²) in [6, 6.07) is 3.47. The van der Waals surface area contributed by atoms with Crippen molar-refractivity contribution in [1.29, 1.82) is 0 Å². The van der Waals surface area contributed by atoms with Crippen LogP contribution in [0.1, 0.15) is 37.6 Å². The van der Waals surface area contributed by atoms with Crippen molar-refractivity contribution in [2.24, 2.45) is 5.73 Å². The van der Waals surface area contributed by atoms with Crippen LogP contribution in [0.25, 0.3) is 0 Å². The van der Waals surface area contributed by atoms with Crippen molar-refractivity contribution in [3.8, 4) is 0 Å². The number of piperidine rings is 1. The van der Waals surface area contributed by atoms with E-state index in [1.54, 1.807) is 0 Å². The van der Waals surface area contributed by atoms with Gasteiger partial charge in [-0.3, -0.25) is 4.90 Å². The van der Waals surface area contributed by atoms with Gasteiger partial charge < -0.3 is 5.73 Å². The van der Waals surface area contributed by atoms with Crippen LogP contribution in [0.4, 0.5) is 0 Å². The minimum Gasteiger partial charge on any atom is -0.326 e. The van der Waals surface area contributed by atoms with Gasteiger partial charge in [0.05, 0.1) is 6.04 Å². The summed E-state index contributed by atoms with van der Waals surface area (Å²) in [6.45, 7) is 5.69. The summed E-state index contributed by atoms with van der Waals surface area (Å²) >= 11 is 5.34. The van der Waals surface area contributed by atoms with Crippen LogP contribution in [0.5, 0.6) is 0 Å². The maximum absolute atomic E-state index is 6.30. The summed E-state index contributed by atoms with van der Waals surface area (Å²) in [5.74, 6) is 0. The van der Waals surface area contributed by atoms with Gasteiger partial charge in [0, 0.05) is 26.8 Å². The zero-order valence-electron chi connectivity index (χ0n) is 9.82. The van der Waals surface area contributed by atoms with Gasteiger partial charge in [-0.2, -0.15) is 0 Å². The number of thiophene rings is 1. The van der Waals surface area contributed by atoms with Crippen LogP contribution in [0, 0.1) is 0 Å². The normalized spacial score (nSPS) is 27.6. The number of halogens is 1. The minimum absolute atomic E-state index is 0.279. The highest BCUT2D eigenvalue weighted by atomic mass is 79.9. The Bertz CT molecular complexity index is 351. The average Bonchev–Trinajstić information content (AvgIpc) is 2.64. The number of rotatable bonds is 2. The molecule has 90 valence electrons. The third kappa shape index (κ3) is 2.50. The molecule has 2 unspecified atom stereocenters. The van der Waals surface area contributed by atoms with E-state index in [4.69, 9.17) is 5.73 Å². The third-order valence-corrected chi connectivity index (χ3v) is 5.02. The Labute approximate surface area is 110 Å². The minimum atomic E-state index is 0.279. The first-order chi connectivity index (χ1) is 7.59. The summed E-state index contributed by atoms with van der Waals surface area (Å²) in [4.78, 5) is 3.93. The Morgan fingerprint density at radius 1 is 1.56 bits per heavy atom. The van der Waals surface area contributed by atoms with E-state index in [2.05, 4.69) is 46.1 Å². The van der Waals surface area contributed by atoms with Crippen LogP contribution in [-0.4, -0.2) is 23.5 Å². The molecule has 1 aromatic heterocycles. The first-order valence-electron chi connectivity index (χ1n) is 5.85. The van der Waals surface area contributed by atoms with Crippen molar-refractivity contribution in [2.75, 3.05) is 6.54 Å². The number of hydrogen-bond donors (Lipinski definition) is 1. The molecule has 1 saturated heterocycles. The molecule has 16 heavy (non-hydrogen) atoms. The van der Waals surface area contributed by atoms with Crippen LogP contribution in [0.15, 0.2) is 15.9 Å². The van der Waals surface area contributed by atoms with Crippen LogP contribution < -0.4 is 5.73 Å². The van der Waals surface area contributed by atoms with Gasteiger partial charge in [-0.1, -0.05) is 0 Å². The molecule has 0 amide bonds. The standard InChI is InChI=1S/C12H19BrN2S/c1-8(2)15-5-3-4-10(14)12(15)11-6-9(13)7-16-11/h6-8,10,12H,3-5,14H2,1-2H3. The fourth-order valence-corrected chi connectivity index (χ4v) is 4.13. The second kappa shape index (κ2) is 5.17. The molecule has 2 atom stereocenters. The highest BCUT2D eigenvalue weighted by molar-refractivity contribution is 9.10. The van der Waals surface area contributed by atoms with Crippen LogP contribution in [0.2, 0.25) is 0 Å². The van der Waals surface area contributed by atoms with E-state index >= 15 is 0 Å². The van der Waals surface area contributed by atoms with Crippen molar-refractivity contribution in [1.82, 2.24) is 4.90 Å². The lowest BCUT2D eigenvalue weighted by molar-refractivity contribution is 0.0969. The molecular formula is C12H19BrN2S. The van der Waals surface area contributed by atoms with E-state index in [1.165, 1.54) is 22.3 Å². The molecule has 0 saturated carbocycles. The van der Waals surface area contributed by atoms with Gasteiger partial charge in [-0.25, -0.2) is 0 Å². The Morgan fingerprint density at radius 2 is 2.31 bits per heavy atom. The molecule has 2 nitrogen and oxygen atoms in total. The molecule has 0 aromatic carbocycles. The van der Waals surface area contributed by atoms with Crippen molar-refractivity contribution in [3.63, 3.8) is 0 Å². The topological polar surface area (TPSA) is 29.3 Å². The third-order valence-electron chi connectivity index (χ3n) is 3.26. The van der Waals surface area contributed by atoms with Gasteiger partial charge in [-0.15, -0.1) is 11.3 Å². The van der Waals surface area contributed by atoms with Gasteiger partial charge >= 0.3 is 0 Å². The zero-order chi connectivity index (χ0) is 11.7. The Hall–Kier alpha value is 0.1000. The molecule has 4 heteroatoms. The van der Waals surface area contributed by atoms with Crippen molar-refractivity contribution in [3.05, 3.63) is 20.8 Å². The monoisotopic (exact) mass is 302 g/mol. The first-order valence-corrected chi connectivity index (χ1v) is 7.52. The summed E-state index contributed by atoms with van der Waals surface area (Å²) in [6.07, 6.45) is 2.37. The molecule has 2 heterocycles. The number of hydrogen-bond acceptors (Lipinski definition) is 3. The molecule has 1 aliphatic rings. The number of nitrogens with two attached hydrogens (primary N) is 1. The highest BCUT2D eigenvalue weighted by Crippen LogP contribution is 2.36. The van der Waals surface area contributed by atoms with Gasteiger partial charge in [0.25, 0.3) is 0 Å². The maximum Gasteiger partial charge on any atom is 0.0596 e. The van der Waals surface area contributed by atoms with E-state index in [9.17, 15) is 0 Å². The Kier molecular flexibility index (Phi) is 4.06. The van der Waals surface area contributed by atoms with E-state index in [0.29, 0.717) is 12.1 Å². The maximum atomic E-state index is 6.30. The lowest BCUT2D eigenvalue weighted by atomic mass is 9.94.